The number of hydrogen-bond acceptors (Lipinski definition) is 3. The molecule has 1 unspecified atom stereocenters. The number of halogens is 5. The highest BCUT2D eigenvalue weighted by molar-refractivity contribution is 6.02. The van der Waals surface area contributed by atoms with Crippen LogP contribution in [0.25, 0.3) is 11.1 Å². The maximum Gasteiger partial charge on any atom is 0.416 e. The van der Waals surface area contributed by atoms with Crippen LogP contribution in [0, 0.1) is 17.6 Å². The fourth-order valence-electron chi connectivity index (χ4n) is 6.16. The van der Waals surface area contributed by atoms with E-state index in [2.05, 4.69) is 16.0 Å². The molecule has 0 aliphatic carbocycles. The molecular formula is C35H32F5N3. The molecule has 0 N–H and O–H groups in total. The maximum atomic E-state index is 14.2. The first kappa shape index (κ1) is 29.0. The van der Waals surface area contributed by atoms with Crippen molar-refractivity contribution in [1.82, 2.24) is 4.98 Å². The number of piperidine rings is 1. The number of aryl methyl sites for hydroxylation is 1. The Morgan fingerprint density at radius 1 is 0.791 bits per heavy atom. The Hall–Kier alpha value is -4.07. The van der Waals surface area contributed by atoms with Crippen molar-refractivity contribution in [3.63, 3.8) is 0 Å². The Kier molecular flexibility index (Phi) is 8.28. The average molecular weight is 590 g/mol. The lowest BCUT2D eigenvalue weighted by molar-refractivity contribution is -0.137. The van der Waals surface area contributed by atoms with Gasteiger partial charge in [-0.3, -0.25) is 4.99 Å². The summed E-state index contributed by atoms with van der Waals surface area (Å²) in [6, 6.07) is 21.6. The molecule has 8 heteroatoms. The van der Waals surface area contributed by atoms with Gasteiger partial charge in [0.05, 0.1) is 17.2 Å². The highest BCUT2D eigenvalue weighted by atomic mass is 19.4. The largest absolute Gasteiger partial charge is 0.416 e. The highest BCUT2D eigenvalue weighted by Gasteiger charge is 2.30. The summed E-state index contributed by atoms with van der Waals surface area (Å²) in [6.07, 6.45) is 2.30. The van der Waals surface area contributed by atoms with Gasteiger partial charge in [-0.1, -0.05) is 48.5 Å². The van der Waals surface area contributed by atoms with E-state index in [0.717, 1.165) is 66.5 Å². The van der Waals surface area contributed by atoms with Crippen molar-refractivity contribution < 1.29 is 22.0 Å². The molecule has 0 spiro atoms. The van der Waals surface area contributed by atoms with E-state index < -0.39 is 23.4 Å². The third-order valence-corrected chi connectivity index (χ3v) is 8.63. The van der Waals surface area contributed by atoms with Crippen LogP contribution in [0.2, 0.25) is 0 Å². The predicted octanol–water partition coefficient (Wildman–Crippen LogP) is 9.22. The molecule has 0 amide bonds. The lowest BCUT2D eigenvalue weighted by atomic mass is 9.90. The van der Waals surface area contributed by atoms with Gasteiger partial charge in [0.15, 0.2) is 0 Å². The molecule has 3 heterocycles. The Balaban J connectivity index is 1.02. The number of anilines is 1. The van der Waals surface area contributed by atoms with Crippen LogP contribution < -0.4 is 4.90 Å². The monoisotopic (exact) mass is 589 g/mol. The summed E-state index contributed by atoms with van der Waals surface area (Å²) in [5.41, 5.74) is 3.64. The molecule has 2 aliphatic heterocycles. The van der Waals surface area contributed by atoms with Crippen LogP contribution >= 0.6 is 0 Å². The van der Waals surface area contributed by atoms with Crippen molar-refractivity contribution in [2.75, 3.05) is 18.0 Å². The zero-order valence-electron chi connectivity index (χ0n) is 23.6. The van der Waals surface area contributed by atoms with Crippen LogP contribution in [-0.2, 0) is 12.6 Å². The molecule has 0 bridgehead atoms. The van der Waals surface area contributed by atoms with Gasteiger partial charge in [-0.25, -0.2) is 13.8 Å². The van der Waals surface area contributed by atoms with E-state index in [1.165, 1.54) is 30.3 Å². The van der Waals surface area contributed by atoms with E-state index in [4.69, 9.17) is 4.98 Å². The second kappa shape index (κ2) is 12.3. The first-order chi connectivity index (χ1) is 20.7. The smallest absolute Gasteiger partial charge is 0.357 e. The van der Waals surface area contributed by atoms with Gasteiger partial charge < -0.3 is 4.90 Å². The second-order valence-corrected chi connectivity index (χ2v) is 11.4. The highest BCUT2D eigenvalue weighted by Crippen LogP contribution is 2.34. The lowest BCUT2D eigenvalue weighted by Gasteiger charge is -2.33. The SMILES string of the molecule is Fc1cccc(F)c1C1=NC(c2ccc(-c3ccc(N4CCC(CCc5cccc(C(F)(F)F)c5)CC4)nc3)cc2)CC1. The third kappa shape index (κ3) is 6.63. The minimum atomic E-state index is -4.31. The molecule has 4 aromatic rings. The number of aromatic nitrogens is 1. The molecule has 1 atom stereocenters. The normalized spacial score (nSPS) is 17.7. The Bertz CT molecular complexity index is 1570. The van der Waals surface area contributed by atoms with Crippen LogP contribution in [0.3, 0.4) is 0 Å². The van der Waals surface area contributed by atoms with E-state index in [9.17, 15) is 22.0 Å². The summed E-state index contributed by atoms with van der Waals surface area (Å²) in [5, 5.41) is 0. The molecular weight excluding hydrogens is 557 g/mol. The quantitative estimate of drug-likeness (QED) is 0.201. The molecule has 0 saturated carbocycles. The Morgan fingerprint density at radius 2 is 1.49 bits per heavy atom. The molecule has 3 aromatic carbocycles. The van der Waals surface area contributed by atoms with E-state index in [1.807, 2.05) is 36.5 Å². The van der Waals surface area contributed by atoms with E-state index in [1.54, 1.807) is 6.07 Å². The van der Waals surface area contributed by atoms with Crippen molar-refractivity contribution in [1.29, 1.82) is 0 Å². The molecule has 1 saturated heterocycles. The fourth-order valence-corrected chi connectivity index (χ4v) is 6.16. The molecule has 1 aromatic heterocycles. The average Bonchev–Trinajstić information content (AvgIpc) is 3.50. The second-order valence-electron chi connectivity index (χ2n) is 11.4. The number of rotatable bonds is 7. The van der Waals surface area contributed by atoms with Gasteiger partial charge in [0.25, 0.3) is 0 Å². The number of nitrogens with zero attached hydrogens (tertiary/aromatic N) is 3. The number of alkyl halides is 3. The zero-order valence-corrected chi connectivity index (χ0v) is 23.6. The Morgan fingerprint density at radius 3 is 2.16 bits per heavy atom. The molecule has 43 heavy (non-hydrogen) atoms. The van der Waals surface area contributed by atoms with E-state index in [0.29, 0.717) is 30.9 Å². The van der Waals surface area contributed by atoms with E-state index >= 15 is 0 Å². The Labute approximate surface area is 248 Å². The predicted molar refractivity (Wildman–Crippen MR) is 159 cm³/mol. The topological polar surface area (TPSA) is 28.5 Å². The number of pyridine rings is 1. The lowest BCUT2D eigenvalue weighted by Crippen LogP contribution is -2.34. The minimum Gasteiger partial charge on any atom is -0.357 e. The number of aliphatic imine (C=N–C) groups is 1. The number of benzene rings is 3. The minimum absolute atomic E-state index is 0.0212. The molecule has 222 valence electrons. The van der Waals surface area contributed by atoms with Crippen LogP contribution in [0.4, 0.5) is 27.8 Å². The van der Waals surface area contributed by atoms with Crippen molar-refractivity contribution >= 4 is 11.5 Å². The first-order valence-electron chi connectivity index (χ1n) is 14.7. The van der Waals surface area contributed by atoms with Gasteiger partial charge in [0.1, 0.15) is 17.5 Å². The fraction of sp³-hybridized carbons (Fsp3) is 0.314. The van der Waals surface area contributed by atoms with Gasteiger partial charge >= 0.3 is 6.18 Å². The van der Waals surface area contributed by atoms with Crippen molar-refractivity contribution in [2.45, 2.75) is 50.7 Å². The van der Waals surface area contributed by atoms with Crippen LogP contribution in [0.1, 0.15) is 60.4 Å². The number of hydrogen-bond donors (Lipinski definition) is 0. The molecule has 0 radical (unpaired) electrons. The summed E-state index contributed by atoms with van der Waals surface area (Å²) < 4.78 is 67.4. The molecule has 2 aliphatic rings. The van der Waals surface area contributed by atoms with Gasteiger partial charge in [-0.15, -0.1) is 0 Å². The summed E-state index contributed by atoms with van der Waals surface area (Å²) in [6.45, 7) is 1.74. The summed E-state index contributed by atoms with van der Waals surface area (Å²) in [7, 11) is 0. The van der Waals surface area contributed by atoms with E-state index in [-0.39, 0.29) is 11.6 Å². The van der Waals surface area contributed by atoms with Crippen molar-refractivity contribution in [3.05, 3.63) is 119 Å². The molecule has 1 fully saturated rings. The van der Waals surface area contributed by atoms with Gasteiger partial charge in [0, 0.05) is 30.6 Å². The van der Waals surface area contributed by atoms with Gasteiger partial charge in [-0.2, -0.15) is 13.2 Å². The standard InChI is InChI=1S/C35H32F5N3/c36-29-5-2-6-30(37)34(29)32-15-14-31(42-32)26-11-9-25(10-12-26)27-13-16-33(41-22-27)43-19-17-23(18-20-43)7-8-24-3-1-4-28(21-24)35(38,39)40/h1-6,9-13,16,21-23,31H,7-8,14-15,17-20H2. The molecule has 3 nitrogen and oxygen atoms in total. The maximum absolute atomic E-state index is 14.2. The van der Waals surface area contributed by atoms with Crippen molar-refractivity contribution in [3.8, 4) is 11.1 Å². The van der Waals surface area contributed by atoms with Crippen LogP contribution in [0.5, 0.6) is 0 Å². The third-order valence-electron chi connectivity index (χ3n) is 8.63. The van der Waals surface area contributed by atoms with Crippen LogP contribution in [0.15, 0.2) is 90.1 Å². The van der Waals surface area contributed by atoms with Crippen LogP contribution in [-0.4, -0.2) is 23.8 Å². The summed E-state index contributed by atoms with van der Waals surface area (Å²) in [4.78, 5) is 11.6. The molecule has 6 rings (SSSR count). The summed E-state index contributed by atoms with van der Waals surface area (Å²) >= 11 is 0. The van der Waals surface area contributed by atoms with Crippen molar-refractivity contribution in [2.24, 2.45) is 10.9 Å². The first-order valence-corrected chi connectivity index (χ1v) is 14.7. The zero-order chi connectivity index (χ0) is 30.0. The summed E-state index contributed by atoms with van der Waals surface area (Å²) in [5.74, 6) is 0.243. The van der Waals surface area contributed by atoms with Gasteiger partial charge in [0.2, 0.25) is 0 Å². The van der Waals surface area contributed by atoms with Gasteiger partial charge in [-0.05, 0) is 91.5 Å².